The van der Waals surface area contributed by atoms with E-state index in [1.165, 1.54) is 16.2 Å². The molecule has 1 aliphatic rings. The summed E-state index contributed by atoms with van der Waals surface area (Å²) in [4.78, 5) is 15.3. The number of hydrogen-bond acceptors (Lipinski definition) is 5. The van der Waals surface area contributed by atoms with E-state index in [9.17, 15) is 15.0 Å². The number of piperidine rings is 1. The van der Waals surface area contributed by atoms with Crippen LogP contribution in [0.2, 0.25) is 0 Å². The van der Waals surface area contributed by atoms with Gasteiger partial charge in [-0.25, -0.2) is 4.79 Å². The van der Waals surface area contributed by atoms with Crippen LogP contribution in [0.3, 0.4) is 0 Å². The summed E-state index contributed by atoms with van der Waals surface area (Å²) >= 11 is 0. The Bertz CT molecular complexity index is 1060. The van der Waals surface area contributed by atoms with Gasteiger partial charge in [0.25, 0.3) is 0 Å². The molecule has 1 atom stereocenters. The van der Waals surface area contributed by atoms with Gasteiger partial charge in [0, 0.05) is 30.6 Å². The number of ether oxygens (including phenoxy) is 1. The van der Waals surface area contributed by atoms with Crippen molar-refractivity contribution < 1.29 is 19.7 Å². The molecule has 1 unspecified atom stereocenters. The van der Waals surface area contributed by atoms with Crippen LogP contribution in [0.15, 0.2) is 60.7 Å². The number of nitrogens with zero attached hydrogens (tertiary/aromatic N) is 2. The number of para-hydroxylation sites is 1. The zero-order valence-electron chi connectivity index (χ0n) is 18.4. The minimum Gasteiger partial charge on any atom is -0.494 e. The van der Waals surface area contributed by atoms with Crippen molar-refractivity contribution in [1.29, 1.82) is 0 Å². The van der Waals surface area contributed by atoms with E-state index in [0.29, 0.717) is 29.3 Å². The monoisotopic (exact) mass is 434 g/mol. The summed E-state index contributed by atoms with van der Waals surface area (Å²) in [7, 11) is 0. The SMILES string of the molecule is Cc1cc(O)n(-c2ccccc2C(=O)OCC2CCCN(CCc3ccccc3)C2)c1O. The largest absolute Gasteiger partial charge is 0.494 e. The van der Waals surface area contributed by atoms with Crippen LogP contribution >= 0.6 is 0 Å². The summed E-state index contributed by atoms with van der Waals surface area (Å²) in [6.07, 6.45) is 3.15. The topological polar surface area (TPSA) is 74.9 Å². The predicted octanol–water partition coefficient (Wildman–Crippen LogP) is 4.31. The highest BCUT2D eigenvalue weighted by molar-refractivity contribution is 5.93. The molecule has 2 heterocycles. The molecule has 3 aromatic rings. The van der Waals surface area contributed by atoms with E-state index in [1.54, 1.807) is 31.2 Å². The maximum atomic E-state index is 12.9. The summed E-state index contributed by atoms with van der Waals surface area (Å²) in [6, 6.07) is 18.8. The molecule has 6 heteroatoms. The number of benzene rings is 2. The molecule has 0 radical (unpaired) electrons. The minimum absolute atomic E-state index is 0.0934. The van der Waals surface area contributed by atoms with Crippen molar-refractivity contribution in [3.05, 3.63) is 77.4 Å². The van der Waals surface area contributed by atoms with Gasteiger partial charge >= 0.3 is 5.97 Å². The number of aromatic nitrogens is 1. The van der Waals surface area contributed by atoms with Crippen molar-refractivity contribution in [2.24, 2.45) is 5.92 Å². The van der Waals surface area contributed by atoms with Crippen molar-refractivity contribution in [2.45, 2.75) is 26.2 Å². The first-order valence-electron chi connectivity index (χ1n) is 11.2. The molecule has 2 N–H and O–H groups in total. The van der Waals surface area contributed by atoms with E-state index < -0.39 is 5.97 Å². The number of rotatable bonds is 7. The first-order valence-corrected chi connectivity index (χ1v) is 11.2. The third-order valence-electron chi connectivity index (χ3n) is 6.12. The summed E-state index contributed by atoms with van der Waals surface area (Å²) in [6.45, 7) is 5.05. The Morgan fingerprint density at radius 2 is 1.84 bits per heavy atom. The smallest absolute Gasteiger partial charge is 0.340 e. The van der Waals surface area contributed by atoms with Gasteiger partial charge in [-0.1, -0.05) is 42.5 Å². The lowest BCUT2D eigenvalue weighted by atomic mass is 9.98. The first-order chi connectivity index (χ1) is 15.5. The van der Waals surface area contributed by atoms with Crippen LogP contribution < -0.4 is 0 Å². The van der Waals surface area contributed by atoms with Crippen LogP contribution in [0.1, 0.15) is 34.3 Å². The Balaban J connectivity index is 1.37. The third kappa shape index (κ3) is 4.97. The molecule has 0 aliphatic carbocycles. The van der Waals surface area contributed by atoms with E-state index >= 15 is 0 Å². The van der Waals surface area contributed by atoms with Crippen LogP contribution in [0.25, 0.3) is 5.69 Å². The fourth-order valence-corrected chi connectivity index (χ4v) is 4.38. The lowest BCUT2D eigenvalue weighted by Crippen LogP contribution is -2.38. The zero-order valence-corrected chi connectivity index (χ0v) is 18.4. The van der Waals surface area contributed by atoms with E-state index in [4.69, 9.17) is 4.74 Å². The highest BCUT2D eigenvalue weighted by Crippen LogP contribution is 2.32. The third-order valence-corrected chi connectivity index (χ3v) is 6.12. The molecule has 0 spiro atoms. The van der Waals surface area contributed by atoms with Gasteiger partial charge in [-0.15, -0.1) is 0 Å². The number of aryl methyl sites for hydroxylation is 1. The van der Waals surface area contributed by atoms with Crippen molar-refractivity contribution in [2.75, 3.05) is 26.2 Å². The summed E-state index contributed by atoms with van der Waals surface area (Å²) in [5.41, 5.74) is 2.58. The quantitative estimate of drug-likeness (QED) is 0.542. The van der Waals surface area contributed by atoms with Gasteiger partial charge in [-0.3, -0.25) is 4.57 Å². The molecule has 2 aromatic carbocycles. The van der Waals surface area contributed by atoms with E-state index in [0.717, 1.165) is 38.9 Å². The highest BCUT2D eigenvalue weighted by Gasteiger charge is 2.23. The van der Waals surface area contributed by atoms with Gasteiger partial charge in [0.15, 0.2) is 5.88 Å². The molecule has 0 amide bonds. The molecule has 1 fully saturated rings. The second kappa shape index (κ2) is 9.92. The Labute approximate surface area is 188 Å². The van der Waals surface area contributed by atoms with Crippen LogP contribution in [-0.4, -0.2) is 51.9 Å². The Morgan fingerprint density at radius 1 is 1.09 bits per heavy atom. The lowest BCUT2D eigenvalue weighted by Gasteiger charge is -2.32. The van der Waals surface area contributed by atoms with Gasteiger partial charge in [0.2, 0.25) is 5.88 Å². The zero-order chi connectivity index (χ0) is 22.5. The lowest BCUT2D eigenvalue weighted by molar-refractivity contribution is 0.0355. The number of hydrogen-bond donors (Lipinski definition) is 2. The van der Waals surface area contributed by atoms with Crippen molar-refractivity contribution in [1.82, 2.24) is 9.47 Å². The second-order valence-electron chi connectivity index (χ2n) is 8.50. The summed E-state index contributed by atoms with van der Waals surface area (Å²) < 4.78 is 6.95. The van der Waals surface area contributed by atoms with Crippen molar-refractivity contribution >= 4 is 5.97 Å². The molecule has 168 valence electrons. The van der Waals surface area contributed by atoms with E-state index in [2.05, 4.69) is 29.2 Å². The molecule has 0 saturated carbocycles. The maximum absolute atomic E-state index is 12.9. The molecule has 0 bridgehead atoms. The summed E-state index contributed by atoms with van der Waals surface area (Å²) in [5.74, 6) is -0.371. The summed E-state index contributed by atoms with van der Waals surface area (Å²) in [5, 5.41) is 20.5. The molecular formula is C26H30N2O4. The molecule has 1 aromatic heterocycles. The Morgan fingerprint density at radius 3 is 2.59 bits per heavy atom. The molecule has 1 aliphatic heterocycles. The number of likely N-dealkylation sites (tertiary alicyclic amines) is 1. The van der Waals surface area contributed by atoms with E-state index in [-0.39, 0.29) is 11.8 Å². The standard InChI is InChI=1S/C26H30N2O4/c1-19-16-24(29)28(25(19)30)23-12-6-5-11-22(23)26(31)32-18-21-10-7-14-27(17-21)15-13-20-8-3-2-4-9-20/h2-6,8-9,11-12,16,21,29-30H,7,10,13-15,17-18H2,1H3. The molecule has 32 heavy (non-hydrogen) atoms. The minimum atomic E-state index is -0.452. The van der Waals surface area contributed by atoms with Crippen LogP contribution in [0.5, 0.6) is 11.8 Å². The van der Waals surface area contributed by atoms with Crippen LogP contribution in [-0.2, 0) is 11.2 Å². The van der Waals surface area contributed by atoms with Gasteiger partial charge in [0.05, 0.1) is 17.9 Å². The predicted molar refractivity (Wildman–Crippen MR) is 123 cm³/mol. The number of aromatic hydroxyl groups is 2. The normalized spacial score (nSPS) is 16.7. The number of carbonyl (C=O) groups is 1. The fraction of sp³-hybridized carbons (Fsp3) is 0.346. The molecule has 4 rings (SSSR count). The second-order valence-corrected chi connectivity index (χ2v) is 8.50. The number of esters is 1. The average Bonchev–Trinajstić information content (AvgIpc) is 3.08. The Hall–Kier alpha value is -3.25. The van der Waals surface area contributed by atoms with E-state index in [1.807, 2.05) is 6.07 Å². The number of carbonyl (C=O) groups excluding carboxylic acids is 1. The first kappa shape index (κ1) is 22.0. The van der Waals surface area contributed by atoms with Crippen LogP contribution in [0.4, 0.5) is 0 Å². The molecular weight excluding hydrogens is 404 g/mol. The van der Waals surface area contributed by atoms with Gasteiger partial charge in [-0.05, 0) is 50.4 Å². The highest BCUT2D eigenvalue weighted by atomic mass is 16.5. The Kier molecular flexibility index (Phi) is 6.81. The average molecular weight is 435 g/mol. The molecule has 1 saturated heterocycles. The maximum Gasteiger partial charge on any atom is 0.340 e. The molecule has 6 nitrogen and oxygen atoms in total. The van der Waals surface area contributed by atoms with Gasteiger partial charge in [-0.2, -0.15) is 0 Å². The van der Waals surface area contributed by atoms with Crippen molar-refractivity contribution in [3.63, 3.8) is 0 Å². The fourth-order valence-electron chi connectivity index (χ4n) is 4.38. The van der Waals surface area contributed by atoms with Gasteiger partial charge in [0.1, 0.15) is 0 Å². The van der Waals surface area contributed by atoms with Gasteiger partial charge < -0.3 is 19.8 Å². The van der Waals surface area contributed by atoms with Crippen LogP contribution in [0, 0.1) is 12.8 Å². The van der Waals surface area contributed by atoms with Crippen molar-refractivity contribution in [3.8, 4) is 17.4 Å².